The topological polar surface area (TPSA) is 32.5 Å². The Hall–Kier alpha value is -0.120. The van der Waals surface area contributed by atoms with Gasteiger partial charge in [-0.1, -0.05) is 27.2 Å². The van der Waals surface area contributed by atoms with Crippen LogP contribution in [0.15, 0.2) is 0 Å². The van der Waals surface area contributed by atoms with Crippen LogP contribution in [0.2, 0.25) is 0 Å². The van der Waals surface area contributed by atoms with Gasteiger partial charge in [-0.3, -0.25) is 4.90 Å². The third-order valence-corrected chi connectivity index (χ3v) is 5.17. The first kappa shape index (κ1) is 14.3. The monoisotopic (exact) mass is 253 g/mol. The van der Waals surface area contributed by atoms with E-state index in [1.807, 2.05) is 0 Å². The van der Waals surface area contributed by atoms with Crippen LogP contribution in [0.25, 0.3) is 0 Å². The molecule has 2 N–H and O–H groups in total. The quantitative estimate of drug-likeness (QED) is 0.834. The minimum atomic E-state index is 0.293. The van der Waals surface area contributed by atoms with Gasteiger partial charge in [0, 0.05) is 38.3 Å². The first-order valence-electron chi connectivity index (χ1n) is 7.69. The van der Waals surface area contributed by atoms with E-state index >= 15 is 0 Å². The zero-order chi connectivity index (χ0) is 13.2. The molecule has 1 atom stereocenters. The van der Waals surface area contributed by atoms with E-state index in [-0.39, 0.29) is 0 Å². The normalized spacial score (nSPS) is 34.7. The Bertz CT molecular complexity index is 269. The van der Waals surface area contributed by atoms with Gasteiger partial charge in [0.25, 0.3) is 0 Å². The van der Waals surface area contributed by atoms with E-state index in [1.165, 1.54) is 58.4 Å². The predicted octanol–water partition coefficient (Wildman–Crippen LogP) is 1.92. The molecule has 106 valence electrons. The smallest absolute Gasteiger partial charge is 0.0337 e. The van der Waals surface area contributed by atoms with Crippen molar-refractivity contribution in [3.8, 4) is 0 Å². The Labute approximate surface area is 113 Å². The van der Waals surface area contributed by atoms with Gasteiger partial charge in [0.05, 0.1) is 0 Å². The first-order chi connectivity index (χ1) is 8.51. The molecule has 3 heteroatoms. The molecule has 1 unspecified atom stereocenters. The van der Waals surface area contributed by atoms with E-state index in [4.69, 9.17) is 5.73 Å². The molecule has 0 aromatic heterocycles. The van der Waals surface area contributed by atoms with Crippen LogP contribution >= 0.6 is 0 Å². The maximum Gasteiger partial charge on any atom is 0.0337 e. The molecule has 2 fully saturated rings. The summed E-state index contributed by atoms with van der Waals surface area (Å²) in [5, 5.41) is 0. The lowest BCUT2D eigenvalue weighted by atomic mass is 9.67. The molecule has 0 aromatic carbocycles. The lowest BCUT2D eigenvalue weighted by molar-refractivity contribution is -0.0182. The molecule has 1 saturated carbocycles. The largest absolute Gasteiger partial charge is 0.329 e. The van der Waals surface area contributed by atoms with Crippen molar-refractivity contribution in [1.29, 1.82) is 0 Å². The minimum Gasteiger partial charge on any atom is -0.329 e. The second-order valence-electron chi connectivity index (χ2n) is 7.04. The Kier molecular flexibility index (Phi) is 4.35. The summed E-state index contributed by atoms with van der Waals surface area (Å²) >= 11 is 0. The average molecular weight is 253 g/mol. The molecule has 3 nitrogen and oxygen atoms in total. The van der Waals surface area contributed by atoms with E-state index in [9.17, 15) is 0 Å². The highest BCUT2D eigenvalue weighted by atomic mass is 15.3. The van der Waals surface area contributed by atoms with Gasteiger partial charge >= 0.3 is 0 Å². The zero-order valence-corrected chi connectivity index (χ0v) is 12.5. The lowest BCUT2D eigenvalue weighted by Gasteiger charge is -2.53. The van der Waals surface area contributed by atoms with E-state index in [2.05, 4.69) is 30.6 Å². The number of nitrogens with two attached hydrogens (primary N) is 1. The summed E-state index contributed by atoms with van der Waals surface area (Å²) in [6, 6.07) is 0. The second-order valence-corrected chi connectivity index (χ2v) is 7.04. The minimum absolute atomic E-state index is 0.293. The van der Waals surface area contributed by atoms with Gasteiger partial charge in [-0.25, -0.2) is 0 Å². The summed E-state index contributed by atoms with van der Waals surface area (Å²) in [6.07, 6.45) is 5.30. The maximum atomic E-state index is 6.20. The average Bonchev–Trinajstić information content (AvgIpc) is 2.37. The number of likely N-dealkylation sites (N-methyl/N-ethyl adjacent to an activating group) is 1. The van der Waals surface area contributed by atoms with Crippen molar-refractivity contribution in [2.24, 2.45) is 11.1 Å². The van der Waals surface area contributed by atoms with Crippen LogP contribution < -0.4 is 5.73 Å². The van der Waals surface area contributed by atoms with E-state index in [1.54, 1.807) is 0 Å². The summed E-state index contributed by atoms with van der Waals surface area (Å²) in [6.45, 7) is 14.0. The van der Waals surface area contributed by atoms with Crippen molar-refractivity contribution in [2.45, 2.75) is 52.0 Å². The first-order valence-corrected chi connectivity index (χ1v) is 7.69. The standard InChI is InChI=1S/C15H31N3/c1-4-17-8-10-18(11-9-17)15(13-16)7-5-6-14(2,3)12-15/h4-13,16H2,1-3H3. The highest BCUT2D eigenvalue weighted by molar-refractivity contribution is 5.00. The molecule has 1 saturated heterocycles. The Morgan fingerprint density at radius 2 is 1.72 bits per heavy atom. The van der Waals surface area contributed by atoms with E-state index in [0.29, 0.717) is 11.0 Å². The third kappa shape index (κ3) is 2.89. The highest BCUT2D eigenvalue weighted by Gasteiger charge is 2.43. The molecule has 0 amide bonds. The zero-order valence-electron chi connectivity index (χ0n) is 12.5. The van der Waals surface area contributed by atoms with E-state index in [0.717, 1.165) is 6.54 Å². The molecular formula is C15H31N3. The van der Waals surface area contributed by atoms with Crippen LogP contribution in [0.4, 0.5) is 0 Å². The van der Waals surface area contributed by atoms with E-state index < -0.39 is 0 Å². The lowest BCUT2D eigenvalue weighted by Crippen LogP contribution is -2.62. The molecule has 0 spiro atoms. The van der Waals surface area contributed by atoms with Crippen molar-refractivity contribution in [2.75, 3.05) is 39.3 Å². The molecular weight excluding hydrogens is 222 g/mol. The SMILES string of the molecule is CCN1CCN(C2(CN)CCCC(C)(C)C2)CC1. The molecule has 2 rings (SSSR count). The van der Waals surface area contributed by atoms with Crippen molar-refractivity contribution < 1.29 is 0 Å². The summed E-state index contributed by atoms with van der Waals surface area (Å²) in [5.74, 6) is 0. The van der Waals surface area contributed by atoms with Gasteiger partial charge in [0.2, 0.25) is 0 Å². The summed E-state index contributed by atoms with van der Waals surface area (Å²) < 4.78 is 0. The second kappa shape index (κ2) is 5.48. The highest BCUT2D eigenvalue weighted by Crippen LogP contribution is 2.43. The van der Waals surface area contributed by atoms with Gasteiger partial charge in [-0.2, -0.15) is 0 Å². The molecule has 1 aliphatic heterocycles. The number of piperazine rings is 1. The number of rotatable bonds is 3. The van der Waals surface area contributed by atoms with Crippen LogP contribution in [-0.2, 0) is 0 Å². The van der Waals surface area contributed by atoms with Crippen LogP contribution in [0.5, 0.6) is 0 Å². The molecule has 1 heterocycles. The summed E-state index contributed by atoms with van der Waals surface area (Å²) in [7, 11) is 0. The molecule has 18 heavy (non-hydrogen) atoms. The Balaban J connectivity index is 2.04. The van der Waals surface area contributed by atoms with Gasteiger partial charge in [0.15, 0.2) is 0 Å². The van der Waals surface area contributed by atoms with Crippen molar-refractivity contribution >= 4 is 0 Å². The molecule has 2 aliphatic rings. The number of nitrogens with zero attached hydrogens (tertiary/aromatic N) is 2. The molecule has 0 radical (unpaired) electrons. The third-order valence-electron chi connectivity index (χ3n) is 5.17. The molecule has 1 aliphatic carbocycles. The fourth-order valence-corrected chi connectivity index (χ4v) is 4.08. The van der Waals surface area contributed by atoms with Gasteiger partial charge < -0.3 is 10.6 Å². The van der Waals surface area contributed by atoms with Crippen molar-refractivity contribution in [3.05, 3.63) is 0 Å². The van der Waals surface area contributed by atoms with Gasteiger partial charge in [-0.05, 0) is 31.2 Å². The molecule has 0 aromatic rings. The van der Waals surface area contributed by atoms with Crippen molar-refractivity contribution in [3.63, 3.8) is 0 Å². The van der Waals surface area contributed by atoms with Crippen LogP contribution in [0.3, 0.4) is 0 Å². The van der Waals surface area contributed by atoms with Gasteiger partial charge in [-0.15, -0.1) is 0 Å². The van der Waals surface area contributed by atoms with Crippen LogP contribution in [-0.4, -0.2) is 54.6 Å². The Morgan fingerprint density at radius 1 is 1.06 bits per heavy atom. The predicted molar refractivity (Wildman–Crippen MR) is 77.7 cm³/mol. The fourth-order valence-electron chi connectivity index (χ4n) is 4.08. The summed E-state index contributed by atoms with van der Waals surface area (Å²) in [5.41, 5.74) is 6.97. The molecule has 0 bridgehead atoms. The maximum absolute atomic E-state index is 6.20. The Morgan fingerprint density at radius 3 is 2.22 bits per heavy atom. The fraction of sp³-hybridized carbons (Fsp3) is 1.00. The van der Waals surface area contributed by atoms with Gasteiger partial charge in [0.1, 0.15) is 0 Å². The van der Waals surface area contributed by atoms with Crippen LogP contribution in [0, 0.1) is 5.41 Å². The number of hydrogen-bond acceptors (Lipinski definition) is 3. The summed E-state index contributed by atoms with van der Waals surface area (Å²) in [4.78, 5) is 5.26. The van der Waals surface area contributed by atoms with Crippen molar-refractivity contribution in [1.82, 2.24) is 9.80 Å². The number of hydrogen-bond donors (Lipinski definition) is 1. The van der Waals surface area contributed by atoms with Crippen LogP contribution in [0.1, 0.15) is 46.5 Å².